The molecule has 7 nitrogen and oxygen atoms in total. The Morgan fingerprint density at radius 2 is 2.24 bits per heavy atom. The number of carbonyl (C=O) groups is 1. The lowest BCUT2D eigenvalue weighted by Crippen LogP contribution is -2.50. The number of aryl methyl sites for hydroxylation is 2. The predicted octanol–water partition coefficient (Wildman–Crippen LogP) is 1.59. The first kappa shape index (κ1) is 17.4. The molecule has 0 unspecified atom stereocenters. The highest BCUT2D eigenvalue weighted by Gasteiger charge is 2.28. The fraction of sp³-hybridized carbons (Fsp3) is 0.444. The minimum absolute atomic E-state index is 0.122. The molecular formula is C18H22N4O3. The second kappa shape index (κ2) is 8.13. The van der Waals surface area contributed by atoms with Gasteiger partial charge in [-0.15, -0.1) is 0 Å². The first-order chi connectivity index (χ1) is 12.1. The van der Waals surface area contributed by atoms with Crippen LogP contribution in [-0.4, -0.2) is 46.2 Å². The molecule has 1 fully saturated rings. The molecule has 7 heteroatoms. The first-order valence-corrected chi connectivity index (χ1v) is 8.34. The van der Waals surface area contributed by atoms with Gasteiger partial charge in [-0.05, 0) is 38.5 Å². The maximum atomic E-state index is 12.5. The number of amides is 1. The molecule has 2 aromatic rings. The van der Waals surface area contributed by atoms with E-state index in [0.717, 1.165) is 17.8 Å². The monoisotopic (exact) mass is 342 g/mol. The summed E-state index contributed by atoms with van der Waals surface area (Å²) in [6.45, 7) is 5.05. The number of hydrogen-bond acceptors (Lipinski definition) is 6. The van der Waals surface area contributed by atoms with Crippen molar-refractivity contribution in [3.63, 3.8) is 0 Å². The molecule has 1 aliphatic heterocycles. The molecule has 25 heavy (non-hydrogen) atoms. The molecule has 2 aromatic heterocycles. The summed E-state index contributed by atoms with van der Waals surface area (Å²) in [6.07, 6.45) is 2.34. The summed E-state index contributed by atoms with van der Waals surface area (Å²) in [7, 11) is 0. The van der Waals surface area contributed by atoms with Crippen LogP contribution in [0.2, 0.25) is 0 Å². The van der Waals surface area contributed by atoms with Gasteiger partial charge < -0.3 is 14.8 Å². The first-order valence-electron chi connectivity index (χ1n) is 8.34. The highest BCUT2D eigenvalue weighted by atomic mass is 16.5. The van der Waals surface area contributed by atoms with Gasteiger partial charge in [0.1, 0.15) is 11.5 Å². The van der Waals surface area contributed by atoms with E-state index < -0.39 is 0 Å². The molecule has 2 atom stereocenters. The molecule has 0 bridgehead atoms. The van der Waals surface area contributed by atoms with Crippen LogP contribution in [-0.2, 0) is 16.1 Å². The SMILES string of the molecule is Cc1cc(C(=O)N[C@H]2COCC[C@@H]2OCc2ccccn2)nc(C)n1. The summed E-state index contributed by atoms with van der Waals surface area (Å²) in [5.74, 6) is 0.337. The van der Waals surface area contributed by atoms with Gasteiger partial charge in [0.25, 0.3) is 5.91 Å². The normalized spacial score (nSPS) is 20.2. The molecule has 0 aliphatic carbocycles. The Hall–Kier alpha value is -2.38. The second-order valence-corrected chi connectivity index (χ2v) is 6.06. The van der Waals surface area contributed by atoms with Crippen LogP contribution >= 0.6 is 0 Å². The molecule has 1 N–H and O–H groups in total. The molecule has 3 rings (SSSR count). The van der Waals surface area contributed by atoms with Crippen LogP contribution in [0.3, 0.4) is 0 Å². The number of nitrogens with zero attached hydrogens (tertiary/aromatic N) is 3. The minimum atomic E-state index is -0.240. The van der Waals surface area contributed by atoms with Crippen molar-refractivity contribution in [2.24, 2.45) is 0 Å². The molecule has 1 saturated heterocycles. The van der Waals surface area contributed by atoms with E-state index in [4.69, 9.17) is 9.47 Å². The molecule has 1 amide bonds. The van der Waals surface area contributed by atoms with Gasteiger partial charge in [0.15, 0.2) is 0 Å². The van der Waals surface area contributed by atoms with E-state index in [1.807, 2.05) is 25.1 Å². The summed E-state index contributed by atoms with van der Waals surface area (Å²) in [5.41, 5.74) is 1.99. The molecular weight excluding hydrogens is 320 g/mol. The number of ether oxygens (including phenoxy) is 2. The highest BCUT2D eigenvalue weighted by Crippen LogP contribution is 2.14. The van der Waals surface area contributed by atoms with Crippen LogP contribution in [0.1, 0.15) is 34.1 Å². The number of carbonyl (C=O) groups excluding carboxylic acids is 1. The third kappa shape index (κ3) is 4.80. The number of pyridine rings is 1. The predicted molar refractivity (Wildman–Crippen MR) is 91.0 cm³/mol. The van der Waals surface area contributed by atoms with Crippen molar-refractivity contribution in [1.82, 2.24) is 20.3 Å². The summed E-state index contributed by atoms with van der Waals surface area (Å²) in [5, 5.41) is 2.98. The van der Waals surface area contributed by atoms with E-state index in [9.17, 15) is 4.79 Å². The van der Waals surface area contributed by atoms with Crippen LogP contribution in [0, 0.1) is 13.8 Å². The molecule has 132 valence electrons. The Balaban J connectivity index is 1.63. The van der Waals surface area contributed by atoms with Crippen molar-refractivity contribution in [2.75, 3.05) is 13.2 Å². The zero-order chi connectivity index (χ0) is 17.6. The number of rotatable bonds is 5. The highest BCUT2D eigenvalue weighted by molar-refractivity contribution is 5.92. The summed E-state index contributed by atoms with van der Waals surface area (Å²) >= 11 is 0. The van der Waals surface area contributed by atoms with E-state index in [1.165, 1.54) is 0 Å². The van der Waals surface area contributed by atoms with Gasteiger partial charge >= 0.3 is 0 Å². The van der Waals surface area contributed by atoms with Gasteiger partial charge in [0, 0.05) is 18.5 Å². The van der Waals surface area contributed by atoms with E-state index in [-0.39, 0.29) is 18.1 Å². The Kier molecular flexibility index (Phi) is 5.67. The van der Waals surface area contributed by atoms with Crippen LogP contribution < -0.4 is 5.32 Å². The fourth-order valence-corrected chi connectivity index (χ4v) is 2.80. The van der Waals surface area contributed by atoms with Crippen molar-refractivity contribution in [2.45, 2.75) is 39.0 Å². The largest absolute Gasteiger partial charge is 0.379 e. The summed E-state index contributed by atoms with van der Waals surface area (Å²) < 4.78 is 11.5. The molecule has 3 heterocycles. The zero-order valence-corrected chi connectivity index (χ0v) is 14.4. The molecule has 1 aliphatic rings. The Bertz CT molecular complexity index is 703. The lowest BCUT2D eigenvalue weighted by atomic mass is 10.1. The van der Waals surface area contributed by atoms with Crippen LogP contribution in [0.15, 0.2) is 30.5 Å². The van der Waals surface area contributed by atoms with Gasteiger partial charge in [-0.3, -0.25) is 9.78 Å². The van der Waals surface area contributed by atoms with Gasteiger partial charge in [-0.1, -0.05) is 6.07 Å². The van der Waals surface area contributed by atoms with Crippen molar-refractivity contribution < 1.29 is 14.3 Å². The fourth-order valence-electron chi connectivity index (χ4n) is 2.80. The van der Waals surface area contributed by atoms with E-state index in [1.54, 1.807) is 19.2 Å². The Morgan fingerprint density at radius 3 is 3.00 bits per heavy atom. The smallest absolute Gasteiger partial charge is 0.270 e. The minimum Gasteiger partial charge on any atom is -0.379 e. The quantitative estimate of drug-likeness (QED) is 0.888. The van der Waals surface area contributed by atoms with Gasteiger partial charge in [-0.25, -0.2) is 9.97 Å². The average molecular weight is 342 g/mol. The lowest BCUT2D eigenvalue weighted by Gasteiger charge is -2.32. The zero-order valence-electron chi connectivity index (χ0n) is 14.4. The number of aromatic nitrogens is 3. The topological polar surface area (TPSA) is 86.2 Å². The summed E-state index contributed by atoms with van der Waals surface area (Å²) in [4.78, 5) is 25.2. The van der Waals surface area contributed by atoms with Crippen LogP contribution in [0.25, 0.3) is 0 Å². The van der Waals surface area contributed by atoms with Crippen LogP contribution in [0.4, 0.5) is 0 Å². The summed E-state index contributed by atoms with van der Waals surface area (Å²) in [6, 6.07) is 7.16. The van der Waals surface area contributed by atoms with Gasteiger partial charge in [0.2, 0.25) is 0 Å². The van der Waals surface area contributed by atoms with Gasteiger partial charge in [0.05, 0.1) is 31.1 Å². The van der Waals surface area contributed by atoms with E-state index in [0.29, 0.717) is 31.3 Å². The molecule has 0 spiro atoms. The Morgan fingerprint density at radius 1 is 1.36 bits per heavy atom. The lowest BCUT2D eigenvalue weighted by molar-refractivity contribution is -0.0613. The van der Waals surface area contributed by atoms with Crippen molar-refractivity contribution in [1.29, 1.82) is 0 Å². The Labute approximate surface area is 146 Å². The average Bonchev–Trinajstić information content (AvgIpc) is 2.61. The third-order valence-corrected chi connectivity index (χ3v) is 3.98. The van der Waals surface area contributed by atoms with E-state index in [2.05, 4.69) is 20.3 Å². The van der Waals surface area contributed by atoms with Crippen molar-refractivity contribution in [3.05, 3.63) is 53.4 Å². The molecule has 0 radical (unpaired) electrons. The maximum absolute atomic E-state index is 12.5. The maximum Gasteiger partial charge on any atom is 0.270 e. The standard InChI is InChI=1S/C18H22N4O3/c1-12-9-15(21-13(2)20-12)18(23)22-16-11-24-8-6-17(16)25-10-14-5-3-4-7-19-14/h3-5,7,9,16-17H,6,8,10-11H2,1-2H3,(H,22,23)/t16-,17-/m0/s1. The molecule has 0 saturated carbocycles. The van der Waals surface area contributed by atoms with Gasteiger partial charge in [-0.2, -0.15) is 0 Å². The van der Waals surface area contributed by atoms with Crippen molar-refractivity contribution in [3.8, 4) is 0 Å². The van der Waals surface area contributed by atoms with E-state index >= 15 is 0 Å². The number of hydrogen-bond donors (Lipinski definition) is 1. The molecule has 0 aromatic carbocycles. The van der Waals surface area contributed by atoms with Crippen molar-refractivity contribution >= 4 is 5.91 Å². The van der Waals surface area contributed by atoms with Crippen LogP contribution in [0.5, 0.6) is 0 Å². The second-order valence-electron chi connectivity index (χ2n) is 6.06. The third-order valence-electron chi connectivity index (χ3n) is 3.98. The number of nitrogens with one attached hydrogen (secondary N) is 1.